The Bertz CT molecular complexity index is 605. The highest BCUT2D eigenvalue weighted by molar-refractivity contribution is 6.30. The first-order valence-electron chi connectivity index (χ1n) is 5.71. The Morgan fingerprint density at radius 2 is 2.21 bits per heavy atom. The number of H-pyrrole nitrogens is 1. The summed E-state index contributed by atoms with van der Waals surface area (Å²) in [6, 6.07) is 4.06. The molecule has 0 radical (unpaired) electrons. The second kappa shape index (κ2) is 5.40. The minimum Gasteiger partial charge on any atom is -0.461 e. The molecule has 0 atom stereocenters. The number of halogens is 2. The highest BCUT2D eigenvalue weighted by Crippen LogP contribution is 2.23. The quantitative estimate of drug-likeness (QED) is 0.878. The van der Waals surface area contributed by atoms with Gasteiger partial charge in [0.25, 0.3) is 0 Å². The van der Waals surface area contributed by atoms with Crippen LogP contribution in [0.3, 0.4) is 0 Å². The Kier molecular flexibility index (Phi) is 3.85. The van der Waals surface area contributed by atoms with Gasteiger partial charge in [-0.15, -0.1) is 0 Å². The predicted molar refractivity (Wildman–Crippen MR) is 69.7 cm³/mol. The number of imidazole rings is 1. The Morgan fingerprint density at radius 3 is 2.84 bits per heavy atom. The van der Waals surface area contributed by atoms with E-state index in [0.717, 1.165) is 0 Å². The third-order valence-electron chi connectivity index (χ3n) is 2.49. The Morgan fingerprint density at radius 1 is 1.47 bits per heavy atom. The standard InChI is InChI=1S/C13H12ClFN2O2/c1-3-19-13(18)11-7(2)16-12(17-11)8-4-9(14)6-10(15)5-8/h4-6H,3H2,1-2H3,(H,16,17). The largest absolute Gasteiger partial charge is 0.461 e. The van der Waals surface area contributed by atoms with Crippen LogP contribution in [0.2, 0.25) is 5.02 Å². The van der Waals surface area contributed by atoms with Gasteiger partial charge in [0.2, 0.25) is 0 Å². The van der Waals surface area contributed by atoms with Gasteiger partial charge in [-0.25, -0.2) is 14.2 Å². The molecule has 0 amide bonds. The fourth-order valence-electron chi connectivity index (χ4n) is 1.69. The van der Waals surface area contributed by atoms with Gasteiger partial charge in [-0.05, 0) is 32.0 Å². The van der Waals surface area contributed by atoms with Crippen molar-refractivity contribution in [2.75, 3.05) is 6.61 Å². The van der Waals surface area contributed by atoms with Crippen molar-refractivity contribution < 1.29 is 13.9 Å². The summed E-state index contributed by atoms with van der Waals surface area (Å²) in [4.78, 5) is 18.7. The molecule has 0 saturated carbocycles. The molecule has 1 aromatic heterocycles. The first kappa shape index (κ1) is 13.5. The van der Waals surface area contributed by atoms with Crippen molar-refractivity contribution in [1.29, 1.82) is 0 Å². The number of nitrogens with one attached hydrogen (secondary N) is 1. The third kappa shape index (κ3) is 2.93. The number of aryl methyl sites for hydroxylation is 1. The van der Waals surface area contributed by atoms with E-state index in [1.54, 1.807) is 19.9 Å². The van der Waals surface area contributed by atoms with Gasteiger partial charge in [0.1, 0.15) is 11.6 Å². The van der Waals surface area contributed by atoms with Crippen molar-refractivity contribution in [1.82, 2.24) is 9.97 Å². The molecule has 1 aromatic carbocycles. The normalized spacial score (nSPS) is 10.5. The number of ether oxygens (including phenoxy) is 1. The van der Waals surface area contributed by atoms with Gasteiger partial charge < -0.3 is 9.72 Å². The van der Waals surface area contributed by atoms with Crippen LogP contribution in [0.15, 0.2) is 18.2 Å². The second-order valence-electron chi connectivity index (χ2n) is 3.94. The van der Waals surface area contributed by atoms with Crippen molar-refractivity contribution >= 4 is 17.6 Å². The number of benzene rings is 1. The van der Waals surface area contributed by atoms with E-state index >= 15 is 0 Å². The van der Waals surface area contributed by atoms with Crippen molar-refractivity contribution in [2.24, 2.45) is 0 Å². The summed E-state index contributed by atoms with van der Waals surface area (Å²) in [6.07, 6.45) is 0. The lowest BCUT2D eigenvalue weighted by atomic mass is 10.2. The molecule has 0 aliphatic heterocycles. The summed E-state index contributed by atoms with van der Waals surface area (Å²) in [5.74, 6) is -0.596. The topological polar surface area (TPSA) is 55.0 Å². The summed E-state index contributed by atoms with van der Waals surface area (Å²) in [5.41, 5.74) is 1.23. The first-order chi connectivity index (χ1) is 9.01. The number of rotatable bonds is 3. The molecule has 0 aliphatic rings. The summed E-state index contributed by atoms with van der Waals surface area (Å²) >= 11 is 5.79. The van der Waals surface area contributed by atoms with E-state index in [0.29, 0.717) is 17.1 Å². The molecular formula is C13H12ClFN2O2. The van der Waals surface area contributed by atoms with E-state index in [9.17, 15) is 9.18 Å². The van der Waals surface area contributed by atoms with Crippen LogP contribution in [0.1, 0.15) is 23.1 Å². The molecule has 0 bridgehead atoms. The molecule has 1 heterocycles. The van der Waals surface area contributed by atoms with Crippen LogP contribution in [0, 0.1) is 12.7 Å². The minimum absolute atomic E-state index is 0.192. The van der Waals surface area contributed by atoms with E-state index in [2.05, 4.69) is 9.97 Å². The fourth-order valence-corrected chi connectivity index (χ4v) is 1.91. The third-order valence-corrected chi connectivity index (χ3v) is 2.71. The number of hydrogen-bond acceptors (Lipinski definition) is 3. The maximum absolute atomic E-state index is 13.3. The molecule has 6 heteroatoms. The SMILES string of the molecule is CCOC(=O)c1nc(-c2cc(F)cc(Cl)c2)[nH]c1C. The number of esters is 1. The lowest BCUT2D eigenvalue weighted by Crippen LogP contribution is -2.06. The molecule has 0 spiro atoms. The van der Waals surface area contributed by atoms with Crippen LogP contribution in [0.25, 0.3) is 11.4 Å². The number of carbonyl (C=O) groups excluding carboxylic acids is 1. The molecule has 0 aliphatic carbocycles. The van der Waals surface area contributed by atoms with Crippen molar-refractivity contribution in [2.45, 2.75) is 13.8 Å². The van der Waals surface area contributed by atoms with Crippen LogP contribution in [-0.4, -0.2) is 22.5 Å². The van der Waals surface area contributed by atoms with Gasteiger partial charge in [-0.1, -0.05) is 11.6 Å². The van der Waals surface area contributed by atoms with Gasteiger partial charge in [0.15, 0.2) is 5.69 Å². The van der Waals surface area contributed by atoms with Crippen LogP contribution >= 0.6 is 11.6 Å². The van der Waals surface area contributed by atoms with Crippen LogP contribution in [0.4, 0.5) is 4.39 Å². The zero-order valence-electron chi connectivity index (χ0n) is 10.5. The van der Waals surface area contributed by atoms with Gasteiger partial charge in [0, 0.05) is 16.3 Å². The maximum atomic E-state index is 13.3. The second-order valence-corrected chi connectivity index (χ2v) is 4.37. The van der Waals surface area contributed by atoms with Gasteiger partial charge in [0.05, 0.1) is 6.61 Å². The minimum atomic E-state index is -0.509. The predicted octanol–water partition coefficient (Wildman–Crippen LogP) is 3.35. The number of hydrogen-bond donors (Lipinski definition) is 1. The van der Waals surface area contributed by atoms with Crippen molar-refractivity contribution in [3.05, 3.63) is 40.4 Å². The van der Waals surface area contributed by atoms with Gasteiger partial charge >= 0.3 is 5.97 Å². The molecule has 0 unspecified atom stereocenters. The number of aromatic amines is 1. The van der Waals surface area contributed by atoms with Crippen LogP contribution in [-0.2, 0) is 4.74 Å². The Hall–Kier alpha value is -1.88. The Labute approximate surface area is 114 Å². The summed E-state index contributed by atoms with van der Waals surface area (Å²) in [6.45, 7) is 3.68. The van der Waals surface area contributed by atoms with Crippen molar-refractivity contribution in [3.63, 3.8) is 0 Å². The van der Waals surface area contributed by atoms with Gasteiger partial charge in [-0.2, -0.15) is 0 Å². The van der Waals surface area contributed by atoms with Crippen LogP contribution < -0.4 is 0 Å². The van der Waals surface area contributed by atoms with E-state index in [-0.39, 0.29) is 17.3 Å². The monoisotopic (exact) mass is 282 g/mol. The lowest BCUT2D eigenvalue weighted by Gasteiger charge is -1.99. The lowest BCUT2D eigenvalue weighted by molar-refractivity contribution is 0.0519. The molecule has 2 aromatic rings. The highest BCUT2D eigenvalue weighted by atomic mass is 35.5. The molecule has 4 nitrogen and oxygen atoms in total. The molecular weight excluding hydrogens is 271 g/mol. The molecule has 100 valence electrons. The van der Waals surface area contributed by atoms with E-state index in [1.165, 1.54) is 12.1 Å². The van der Waals surface area contributed by atoms with E-state index < -0.39 is 11.8 Å². The average molecular weight is 283 g/mol. The fraction of sp³-hybridized carbons (Fsp3) is 0.231. The first-order valence-corrected chi connectivity index (χ1v) is 6.09. The summed E-state index contributed by atoms with van der Waals surface area (Å²) in [7, 11) is 0. The van der Waals surface area contributed by atoms with Crippen LogP contribution in [0.5, 0.6) is 0 Å². The smallest absolute Gasteiger partial charge is 0.358 e. The maximum Gasteiger partial charge on any atom is 0.358 e. The zero-order valence-corrected chi connectivity index (χ0v) is 11.2. The molecule has 0 saturated heterocycles. The average Bonchev–Trinajstić information content (AvgIpc) is 2.70. The molecule has 2 rings (SSSR count). The summed E-state index contributed by atoms with van der Waals surface area (Å²) < 4.78 is 18.2. The zero-order chi connectivity index (χ0) is 14.0. The van der Waals surface area contributed by atoms with Gasteiger partial charge in [-0.3, -0.25) is 0 Å². The number of carbonyl (C=O) groups is 1. The van der Waals surface area contributed by atoms with Crippen molar-refractivity contribution in [3.8, 4) is 11.4 Å². The summed E-state index contributed by atoms with van der Waals surface area (Å²) in [5, 5.41) is 0.265. The molecule has 0 fully saturated rings. The molecule has 19 heavy (non-hydrogen) atoms. The highest BCUT2D eigenvalue weighted by Gasteiger charge is 2.17. The Balaban J connectivity index is 2.41. The number of nitrogens with zero attached hydrogens (tertiary/aromatic N) is 1. The van der Waals surface area contributed by atoms with E-state index in [1.807, 2.05) is 0 Å². The van der Waals surface area contributed by atoms with E-state index in [4.69, 9.17) is 16.3 Å². The number of aromatic nitrogens is 2. The molecule has 1 N–H and O–H groups in total.